The van der Waals surface area contributed by atoms with Crippen molar-refractivity contribution in [1.29, 1.82) is 0 Å². The molecule has 0 bridgehead atoms. The Morgan fingerprint density at radius 1 is 1.18 bits per heavy atom. The molecular weight excluding hydrogens is 292 g/mol. The molecule has 0 aromatic heterocycles. The van der Waals surface area contributed by atoms with Gasteiger partial charge in [-0.15, -0.1) is 12.6 Å². The SMILES string of the molecule is CCC(CC)CC1(C(=O)Oc2ccccc2S)CCCCC1. The molecule has 2 rings (SSSR count). The van der Waals surface area contributed by atoms with Gasteiger partial charge < -0.3 is 4.74 Å². The van der Waals surface area contributed by atoms with Crippen LogP contribution in [0.5, 0.6) is 5.75 Å². The number of hydrogen-bond acceptors (Lipinski definition) is 3. The van der Waals surface area contributed by atoms with E-state index in [1.165, 1.54) is 6.42 Å². The molecule has 1 aromatic carbocycles. The number of rotatable bonds is 6. The van der Waals surface area contributed by atoms with Gasteiger partial charge in [0.2, 0.25) is 0 Å². The molecule has 0 spiro atoms. The zero-order chi connectivity index (χ0) is 16.0. The third-order valence-electron chi connectivity index (χ3n) is 5.15. The van der Waals surface area contributed by atoms with Crippen LogP contribution >= 0.6 is 12.6 Å². The minimum absolute atomic E-state index is 0.0411. The van der Waals surface area contributed by atoms with Gasteiger partial charge in [0.05, 0.1) is 5.41 Å². The van der Waals surface area contributed by atoms with Crippen LogP contribution in [0.4, 0.5) is 0 Å². The Bertz CT molecular complexity index is 488. The van der Waals surface area contributed by atoms with Gasteiger partial charge in [0, 0.05) is 4.90 Å². The number of carbonyl (C=O) groups is 1. The first-order valence-corrected chi connectivity index (χ1v) is 9.06. The summed E-state index contributed by atoms with van der Waals surface area (Å²) < 4.78 is 5.76. The summed E-state index contributed by atoms with van der Waals surface area (Å²) in [7, 11) is 0. The normalized spacial score (nSPS) is 17.5. The van der Waals surface area contributed by atoms with Gasteiger partial charge in [0.15, 0.2) is 0 Å². The van der Waals surface area contributed by atoms with Crippen LogP contribution in [0.3, 0.4) is 0 Å². The second-order valence-corrected chi connectivity index (χ2v) is 7.07. The number of carbonyl (C=O) groups excluding carboxylic acids is 1. The second-order valence-electron chi connectivity index (χ2n) is 6.58. The standard InChI is InChI=1S/C19H28O2S/c1-3-15(4-2)14-19(12-8-5-9-13-19)18(20)21-16-10-6-7-11-17(16)22/h6-7,10-11,15,22H,3-5,8-9,12-14H2,1-2H3. The van der Waals surface area contributed by atoms with Crippen LogP contribution in [0.2, 0.25) is 0 Å². The van der Waals surface area contributed by atoms with Crippen molar-refractivity contribution in [2.45, 2.75) is 70.1 Å². The fourth-order valence-electron chi connectivity index (χ4n) is 3.60. The molecule has 0 atom stereocenters. The quantitative estimate of drug-likeness (QED) is 0.416. The first-order chi connectivity index (χ1) is 10.6. The lowest BCUT2D eigenvalue weighted by atomic mass is 9.68. The molecule has 0 saturated heterocycles. The van der Waals surface area contributed by atoms with E-state index in [4.69, 9.17) is 4.74 Å². The van der Waals surface area contributed by atoms with E-state index in [1.54, 1.807) is 0 Å². The Morgan fingerprint density at radius 3 is 2.41 bits per heavy atom. The number of ether oxygens (including phenoxy) is 1. The van der Waals surface area contributed by atoms with Crippen molar-refractivity contribution in [3.8, 4) is 5.75 Å². The van der Waals surface area contributed by atoms with Crippen LogP contribution in [-0.2, 0) is 4.79 Å². The molecule has 3 heteroatoms. The molecule has 2 nitrogen and oxygen atoms in total. The maximum absolute atomic E-state index is 13.0. The maximum Gasteiger partial charge on any atom is 0.317 e. The predicted molar refractivity (Wildman–Crippen MR) is 93.5 cm³/mol. The fourth-order valence-corrected chi connectivity index (χ4v) is 3.81. The Morgan fingerprint density at radius 2 is 1.82 bits per heavy atom. The zero-order valence-electron chi connectivity index (χ0n) is 13.8. The van der Waals surface area contributed by atoms with Crippen molar-refractivity contribution in [3.63, 3.8) is 0 Å². The maximum atomic E-state index is 13.0. The van der Waals surface area contributed by atoms with E-state index in [9.17, 15) is 4.79 Å². The molecule has 0 radical (unpaired) electrons. The van der Waals surface area contributed by atoms with Crippen molar-refractivity contribution in [3.05, 3.63) is 24.3 Å². The lowest BCUT2D eigenvalue weighted by molar-refractivity contribution is -0.149. The van der Waals surface area contributed by atoms with E-state index < -0.39 is 0 Å². The van der Waals surface area contributed by atoms with Gasteiger partial charge in [0.1, 0.15) is 5.75 Å². The molecular formula is C19H28O2S. The fraction of sp³-hybridized carbons (Fsp3) is 0.632. The molecule has 0 amide bonds. The monoisotopic (exact) mass is 320 g/mol. The van der Waals surface area contributed by atoms with E-state index in [0.717, 1.165) is 49.8 Å². The summed E-state index contributed by atoms with van der Waals surface area (Å²) in [6.45, 7) is 4.44. The number of esters is 1. The smallest absolute Gasteiger partial charge is 0.317 e. The molecule has 1 fully saturated rings. The van der Waals surface area contributed by atoms with Gasteiger partial charge >= 0.3 is 5.97 Å². The second kappa shape index (κ2) is 8.05. The van der Waals surface area contributed by atoms with Crippen LogP contribution in [0.25, 0.3) is 0 Å². The van der Waals surface area contributed by atoms with Gasteiger partial charge in [-0.1, -0.05) is 58.1 Å². The van der Waals surface area contributed by atoms with E-state index in [2.05, 4.69) is 26.5 Å². The third kappa shape index (κ3) is 4.07. The zero-order valence-corrected chi connectivity index (χ0v) is 14.7. The van der Waals surface area contributed by atoms with Gasteiger partial charge in [-0.25, -0.2) is 0 Å². The topological polar surface area (TPSA) is 26.3 Å². The molecule has 0 N–H and O–H groups in total. The van der Waals surface area contributed by atoms with Gasteiger partial charge in [-0.05, 0) is 37.3 Å². The Labute approximate surface area is 140 Å². The highest BCUT2D eigenvalue weighted by molar-refractivity contribution is 7.80. The molecule has 1 aromatic rings. The highest BCUT2D eigenvalue weighted by atomic mass is 32.1. The summed E-state index contributed by atoms with van der Waals surface area (Å²) in [5, 5.41) is 0. The highest BCUT2D eigenvalue weighted by Crippen LogP contribution is 2.44. The Kier molecular flexibility index (Phi) is 6.37. The minimum Gasteiger partial charge on any atom is -0.425 e. The molecule has 1 saturated carbocycles. The van der Waals surface area contributed by atoms with Gasteiger partial charge in [-0.3, -0.25) is 4.79 Å². The summed E-state index contributed by atoms with van der Waals surface area (Å²) in [4.78, 5) is 13.7. The molecule has 1 aliphatic rings. The molecule has 0 heterocycles. The molecule has 0 aliphatic heterocycles. The van der Waals surface area contributed by atoms with Gasteiger partial charge in [0.25, 0.3) is 0 Å². The Hall–Kier alpha value is -0.960. The van der Waals surface area contributed by atoms with Crippen molar-refractivity contribution < 1.29 is 9.53 Å². The van der Waals surface area contributed by atoms with Crippen LogP contribution < -0.4 is 4.74 Å². The number of para-hydroxylation sites is 1. The first-order valence-electron chi connectivity index (χ1n) is 8.61. The Balaban J connectivity index is 2.17. The summed E-state index contributed by atoms with van der Waals surface area (Å²) in [5.41, 5.74) is -0.287. The van der Waals surface area contributed by atoms with Crippen LogP contribution in [0.1, 0.15) is 65.2 Å². The van der Waals surface area contributed by atoms with E-state index in [1.807, 2.05) is 24.3 Å². The summed E-state index contributed by atoms with van der Waals surface area (Å²) in [5.74, 6) is 1.16. The summed E-state index contributed by atoms with van der Waals surface area (Å²) in [6, 6.07) is 7.48. The highest BCUT2D eigenvalue weighted by Gasteiger charge is 2.42. The van der Waals surface area contributed by atoms with Crippen LogP contribution in [0.15, 0.2) is 29.2 Å². The molecule has 1 aliphatic carbocycles. The van der Waals surface area contributed by atoms with E-state index in [0.29, 0.717) is 11.7 Å². The van der Waals surface area contributed by atoms with Crippen molar-refractivity contribution in [2.24, 2.45) is 11.3 Å². The number of hydrogen-bond donors (Lipinski definition) is 1. The summed E-state index contributed by atoms with van der Waals surface area (Å²) in [6.07, 6.45) is 8.68. The molecule has 22 heavy (non-hydrogen) atoms. The molecule has 0 unspecified atom stereocenters. The van der Waals surface area contributed by atoms with Crippen LogP contribution in [-0.4, -0.2) is 5.97 Å². The van der Waals surface area contributed by atoms with E-state index in [-0.39, 0.29) is 11.4 Å². The number of thiol groups is 1. The average Bonchev–Trinajstić information content (AvgIpc) is 2.55. The van der Waals surface area contributed by atoms with Crippen molar-refractivity contribution >= 4 is 18.6 Å². The lowest BCUT2D eigenvalue weighted by Crippen LogP contribution is -2.38. The largest absolute Gasteiger partial charge is 0.425 e. The number of benzene rings is 1. The minimum atomic E-state index is -0.287. The first kappa shape index (κ1) is 17.4. The van der Waals surface area contributed by atoms with Crippen molar-refractivity contribution in [1.82, 2.24) is 0 Å². The third-order valence-corrected chi connectivity index (χ3v) is 5.52. The average molecular weight is 320 g/mol. The lowest BCUT2D eigenvalue weighted by Gasteiger charge is -2.37. The van der Waals surface area contributed by atoms with Gasteiger partial charge in [-0.2, -0.15) is 0 Å². The summed E-state index contributed by atoms with van der Waals surface area (Å²) >= 11 is 4.39. The van der Waals surface area contributed by atoms with Crippen molar-refractivity contribution in [2.75, 3.05) is 0 Å². The van der Waals surface area contributed by atoms with E-state index >= 15 is 0 Å². The predicted octanol–water partition coefficient (Wildman–Crippen LogP) is 5.66. The molecule has 122 valence electrons. The van der Waals surface area contributed by atoms with Crippen LogP contribution in [0, 0.1) is 11.3 Å².